The Hall–Kier alpha value is -2.13. The lowest BCUT2D eigenvalue weighted by Crippen LogP contribution is -2.32. The third-order valence-corrected chi connectivity index (χ3v) is 4.54. The second-order valence-electron chi connectivity index (χ2n) is 6.12. The molecule has 2 aromatic carbocycles. The fourth-order valence-corrected chi connectivity index (χ4v) is 3.30. The molecule has 0 saturated heterocycles. The molecule has 3 nitrogen and oxygen atoms in total. The molecule has 23 heavy (non-hydrogen) atoms. The van der Waals surface area contributed by atoms with Crippen LogP contribution in [0.15, 0.2) is 60.7 Å². The van der Waals surface area contributed by atoms with Gasteiger partial charge in [0, 0.05) is 5.92 Å². The quantitative estimate of drug-likeness (QED) is 0.864. The molecule has 0 aliphatic heterocycles. The fourth-order valence-electron chi connectivity index (χ4n) is 3.30. The lowest BCUT2D eigenvalue weighted by atomic mass is 9.80. The molecule has 0 aromatic heterocycles. The highest BCUT2D eigenvalue weighted by molar-refractivity contribution is 5.89. The van der Waals surface area contributed by atoms with Crippen LogP contribution in [0.1, 0.15) is 47.7 Å². The summed E-state index contributed by atoms with van der Waals surface area (Å²) in [6, 6.07) is 18.8. The van der Waals surface area contributed by atoms with Crippen molar-refractivity contribution in [3.05, 3.63) is 71.8 Å². The first-order chi connectivity index (χ1) is 11.3. The van der Waals surface area contributed by atoms with Crippen LogP contribution in [-0.4, -0.2) is 17.2 Å². The Balaban J connectivity index is 1.85. The lowest BCUT2D eigenvalue weighted by molar-refractivity contribution is -0.0353. The van der Waals surface area contributed by atoms with Crippen molar-refractivity contribution in [1.82, 2.24) is 0 Å². The molecule has 0 radical (unpaired) electrons. The molecule has 0 unspecified atom stereocenters. The van der Waals surface area contributed by atoms with Gasteiger partial charge in [0.2, 0.25) is 0 Å². The highest BCUT2D eigenvalue weighted by Crippen LogP contribution is 2.37. The number of hydrogen-bond acceptors (Lipinski definition) is 3. The maximum Gasteiger partial charge on any atom is 0.338 e. The Morgan fingerprint density at radius 2 is 1.57 bits per heavy atom. The molecular weight excluding hydrogens is 288 g/mol. The minimum absolute atomic E-state index is 0.0428. The predicted octanol–water partition coefficient (Wildman–Crippen LogP) is 4.14. The average Bonchev–Trinajstić information content (AvgIpc) is 2.62. The highest BCUT2D eigenvalue weighted by Gasteiger charge is 2.34. The molecule has 1 aliphatic carbocycles. The van der Waals surface area contributed by atoms with E-state index in [1.54, 1.807) is 12.1 Å². The van der Waals surface area contributed by atoms with Crippen LogP contribution in [0.3, 0.4) is 0 Å². The summed E-state index contributed by atoms with van der Waals surface area (Å²) in [5, 5.41) is 10.4. The zero-order valence-electron chi connectivity index (χ0n) is 13.1. The van der Waals surface area contributed by atoms with Crippen LogP contribution in [0, 0.1) is 5.92 Å². The van der Waals surface area contributed by atoms with E-state index in [0.29, 0.717) is 5.56 Å². The highest BCUT2D eigenvalue weighted by atomic mass is 16.5. The van der Waals surface area contributed by atoms with Crippen molar-refractivity contribution in [3.8, 4) is 0 Å². The average molecular weight is 310 g/mol. The van der Waals surface area contributed by atoms with Crippen LogP contribution in [0.4, 0.5) is 0 Å². The first-order valence-electron chi connectivity index (χ1n) is 8.25. The molecule has 120 valence electrons. The van der Waals surface area contributed by atoms with Crippen molar-refractivity contribution < 1.29 is 14.6 Å². The Bertz CT molecular complexity index is 624. The number of ether oxygens (including phenoxy) is 1. The van der Waals surface area contributed by atoms with E-state index < -0.39 is 12.2 Å². The van der Waals surface area contributed by atoms with Crippen molar-refractivity contribution >= 4 is 5.97 Å². The zero-order valence-corrected chi connectivity index (χ0v) is 13.1. The Labute approximate surface area is 136 Å². The van der Waals surface area contributed by atoms with Gasteiger partial charge >= 0.3 is 5.97 Å². The largest absolute Gasteiger partial charge is 0.453 e. The molecule has 0 bridgehead atoms. The van der Waals surface area contributed by atoms with E-state index in [0.717, 1.165) is 31.2 Å². The normalized spacial score (nSPS) is 22.3. The summed E-state index contributed by atoms with van der Waals surface area (Å²) in [7, 11) is 0. The maximum absolute atomic E-state index is 12.5. The van der Waals surface area contributed by atoms with E-state index >= 15 is 0 Å². The van der Waals surface area contributed by atoms with Crippen molar-refractivity contribution in [1.29, 1.82) is 0 Å². The smallest absolute Gasteiger partial charge is 0.338 e. The topological polar surface area (TPSA) is 46.5 Å². The van der Waals surface area contributed by atoms with Crippen LogP contribution in [0.5, 0.6) is 0 Å². The van der Waals surface area contributed by atoms with Crippen molar-refractivity contribution in [2.75, 3.05) is 0 Å². The number of carbonyl (C=O) groups is 1. The summed E-state index contributed by atoms with van der Waals surface area (Å²) < 4.78 is 5.83. The van der Waals surface area contributed by atoms with Gasteiger partial charge in [0.05, 0.1) is 11.7 Å². The van der Waals surface area contributed by atoms with E-state index in [-0.39, 0.29) is 11.9 Å². The summed E-state index contributed by atoms with van der Waals surface area (Å²) in [6.07, 6.45) is 2.93. The Morgan fingerprint density at radius 3 is 2.22 bits per heavy atom. The number of aliphatic hydroxyl groups is 1. The van der Waals surface area contributed by atoms with Crippen molar-refractivity contribution in [2.24, 2.45) is 5.92 Å². The molecule has 1 aliphatic rings. The van der Waals surface area contributed by atoms with Gasteiger partial charge in [-0.1, -0.05) is 61.4 Å². The zero-order chi connectivity index (χ0) is 16.1. The standard InChI is InChI=1S/C20H22O3/c21-18-14-8-7-13-17(18)19(15-9-3-1-4-10-15)23-20(22)16-11-5-2-6-12-16/h1-6,9-12,17-19,21H,7-8,13-14H2/t17-,18-,19-/m1/s1. The summed E-state index contributed by atoms with van der Waals surface area (Å²) >= 11 is 0. The van der Waals surface area contributed by atoms with Gasteiger partial charge in [-0.2, -0.15) is 0 Å². The first kappa shape index (κ1) is 15.8. The maximum atomic E-state index is 12.5. The molecular formula is C20H22O3. The second kappa shape index (κ2) is 7.42. The van der Waals surface area contributed by atoms with E-state index in [2.05, 4.69) is 0 Å². The first-order valence-corrected chi connectivity index (χ1v) is 8.25. The number of esters is 1. The van der Waals surface area contributed by atoms with E-state index in [1.807, 2.05) is 48.5 Å². The van der Waals surface area contributed by atoms with Gasteiger partial charge in [-0.3, -0.25) is 0 Å². The Morgan fingerprint density at radius 1 is 0.957 bits per heavy atom. The fraction of sp³-hybridized carbons (Fsp3) is 0.350. The Kier molecular flexibility index (Phi) is 5.09. The van der Waals surface area contributed by atoms with Gasteiger partial charge in [0.15, 0.2) is 0 Å². The van der Waals surface area contributed by atoms with E-state index in [9.17, 15) is 9.90 Å². The van der Waals surface area contributed by atoms with Gasteiger partial charge in [-0.05, 0) is 30.5 Å². The van der Waals surface area contributed by atoms with E-state index in [4.69, 9.17) is 4.74 Å². The van der Waals surface area contributed by atoms with Gasteiger partial charge in [0.1, 0.15) is 6.10 Å². The molecule has 0 spiro atoms. The number of aliphatic hydroxyl groups excluding tert-OH is 1. The number of hydrogen-bond donors (Lipinski definition) is 1. The minimum Gasteiger partial charge on any atom is -0.453 e. The number of rotatable bonds is 4. The third kappa shape index (κ3) is 3.80. The van der Waals surface area contributed by atoms with Crippen LogP contribution in [0.2, 0.25) is 0 Å². The van der Waals surface area contributed by atoms with E-state index in [1.165, 1.54) is 0 Å². The SMILES string of the molecule is O=C(O[C@H](c1ccccc1)[C@@H]1CCCC[C@H]1O)c1ccccc1. The number of carbonyl (C=O) groups excluding carboxylic acids is 1. The van der Waals surface area contributed by atoms with Crippen molar-refractivity contribution in [3.63, 3.8) is 0 Å². The van der Waals surface area contributed by atoms with Gasteiger partial charge < -0.3 is 9.84 Å². The van der Waals surface area contributed by atoms with Gasteiger partial charge in [-0.25, -0.2) is 4.79 Å². The molecule has 1 saturated carbocycles. The summed E-state index contributed by atoms with van der Waals surface area (Å²) in [5.41, 5.74) is 1.49. The molecule has 0 heterocycles. The summed E-state index contributed by atoms with van der Waals surface area (Å²) in [4.78, 5) is 12.5. The molecule has 3 heteroatoms. The molecule has 3 rings (SSSR count). The number of benzene rings is 2. The van der Waals surface area contributed by atoms with Crippen LogP contribution in [0.25, 0.3) is 0 Å². The predicted molar refractivity (Wildman–Crippen MR) is 89.0 cm³/mol. The molecule has 2 aromatic rings. The summed E-state index contributed by atoms with van der Waals surface area (Å²) in [5.74, 6) is -0.379. The monoisotopic (exact) mass is 310 g/mol. The van der Waals surface area contributed by atoms with Gasteiger partial charge in [0.25, 0.3) is 0 Å². The van der Waals surface area contributed by atoms with Crippen molar-refractivity contribution in [2.45, 2.75) is 37.9 Å². The third-order valence-electron chi connectivity index (χ3n) is 4.54. The summed E-state index contributed by atoms with van der Waals surface area (Å²) in [6.45, 7) is 0. The molecule has 0 amide bonds. The van der Waals surface area contributed by atoms with Crippen LogP contribution >= 0.6 is 0 Å². The van der Waals surface area contributed by atoms with Crippen LogP contribution < -0.4 is 0 Å². The minimum atomic E-state index is -0.419. The second-order valence-corrected chi connectivity index (χ2v) is 6.12. The molecule has 1 N–H and O–H groups in total. The van der Waals surface area contributed by atoms with Crippen LogP contribution in [-0.2, 0) is 4.74 Å². The molecule has 1 fully saturated rings. The lowest BCUT2D eigenvalue weighted by Gasteiger charge is -2.34. The van der Waals surface area contributed by atoms with Gasteiger partial charge in [-0.15, -0.1) is 0 Å². The molecule has 3 atom stereocenters.